The Bertz CT molecular complexity index is 745. The smallest absolute Gasteiger partial charge is 0.226 e. The highest BCUT2D eigenvalue weighted by atomic mass is 31.2. The van der Waals surface area contributed by atoms with Crippen LogP contribution in [-0.4, -0.2) is 11.7 Å². The van der Waals surface area contributed by atoms with Gasteiger partial charge in [0, 0.05) is 17.0 Å². The second-order valence-corrected chi connectivity index (χ2v) is 9.99. The lowest BCUT2D eigenvalue weighted by Crippen LogP contribution is -2.17. The van der Waals surface area contributed by atoms with Gasteiger partial charge in [-0.25, -0.2) is 0 Å². The molecule has 0 radical (unpaired) electrons. The van der Waals surface area contributed by atoms with Gasteiger partial charge in [0.2, 0.25) is 5.52 Å². The molecule has 0 heterocycles. The third kappa shape index (κ3) is 4.95. The van der Waals surface area contributed by atoms with Gasteiger partial charge in [0.25, 0.3) is 0 Å². The number of carbonyl (C=O) groups is 1. The topological polar surface area (TPSA) is 34.1 Å². The van der Waals surface area contributed by atoms with E-state index >= 15 is 0 Å². The molecule has 2 aromatic carbocycles. The number of unbranched alkanes of at least 4 members (excludes halogenated alkanes) is 5. The highest BCUT2D eigenvalue weighted by Crippen LogP contribution is 2.49. The minimum Gasteiger partial charge on any atom is -0.310 e. The van der Waals surface area contributed by atoms with E-state index in [4.69, 9.17) is 0 Å². The molecule has 2 nitrogen and oxygen atoms in total. The van der Waals surface area contributed by atoms with Crippen molar-refractivity contribution in [3.05, 3.63) is 65.2 Å². The molecule has 0 spiro atoms. The zero-order chi connectivity index (χ0) is 19.0. The molecular formula is C23H31O2P. The van der Waals surface area contributed by atoms with E-state index in [1.54, 1.807) is 0 Å². The van der Waals surface area contributed by atoms with Gasteiger partial charge in [0.15, 0.2) is 7.14 Å². The Labute approximate surface area is 158 Å². The SMILES string of the molecule is CCCCCCCCP(=O)(C(=O)c1c(C)cccc1C)c1ccccc1. The molecule has 3 heteroatoms. The maximum Gasteiger partial charge on any atom is 0.226 e. The second-order valence-electron chi connectivity index (χ2n) is 7.14. The summed E-state index contributed by atoms with van der Waals surface area (Å²) in [5.74, 6) is 0. The first-order chi connectivity index (χ1) is 12.5. The molecule has 1 atom stereocenters. The number of hydrogen-bond acceptors (Lipinski definition) is 2. The number of hydrogen-bond donors (Lipinski definition) is 0. The van der Waals surface area contributed by atoms with Crippen molar-refractivity contribution in [3.63, 3.8) is 0 Å². The fourth-order valence-corrected chi connectivity index (χ4v) is 6.20. The maximum atomic E-state index is 14.0. The highest BCUT2D eigenvalue weighted by Gasteiger charge is 2.35. The molecule has 140 valence electrons. The van der Waals surface area contributed by atoms with Crippen LogP contribution in [0.15, 0.2) is 48.5 Å². The predicted octanol–water partition coefficient (Wildman–Crippen LogP) is 6.49. The summed E-state index contributed by atoms with van der Waals surface area (Å²) in [5.41, 5.74) is 2.29. The van der Waals surface area contributed by atoms with Gasteiger partial charge in [-0.1, -0.05) is 87.6 Å². The van der Waals surface area contributed by atoms with E-state index in [1.165, 1.54) is 19.3 Å². The van der Waals surface area contributed by atoms with Crippen molar-refractivity contribution in [2.24, 2.45) is 0 Å². The standard InChI is InChI=1S/C23H31O2P/c1-4-5-6-7-8-12-18-26(25,21-16-10-9-11-17-21)23(24)22-19(2)14-13-15-20(22)3/h9-11,13-17H,4-8,12,18H2,1-3H3. The molecule has 0 N–H and O–H groups in total. The van der Waals surface area contributed by atoms with Crippen molar-refractivity contribution in [1.82, 2.24) is 0 Å². The number of benzene rings is 2. The third-order valence-electron chi connectivity index (χ3n) is 5.02. The fraction of sp³-hybridized carbons (Fsp3) is 0.435. The fourth-order valence-electron chi connectivity index (χ4n) is 3.46. The first kappa shape index (κ1) is 20.6. The van der Waals surface area contributed by atoms with Crippen molar-refractivity contribution in [2.75, 3.05) is 6.16 Å². The first-order valence-corrected chi connectivity index (χ1v) is 11.7. The van der Waals surface area contributed by atoms with E-state index in [1.807, 2.05) is 62.4 Å². The Balaban J connectivity index is 2.27. The Hall–Kier alpha value is -1.66. The summed E-state index contributed by atoms with van der Waals surface area (Å²) in [4.78, 5) is 13.4. The van der Waals surface area contributed by atoms with E-state index in [0.29, 0.717) is 17.0 Å². The molecule has 2 rings (SSSR count). The van der Waals surface area contributed by atoms with Crippen LogP contribution in [0.2, 0.25) is 0 Å². The van der Waals surface area contributed by atoms with Gasteiger partial charge in [-0.3, -0.25) is 4.79 Å². The van der Waals surface area contributed by atoms with Crippen molar-refractivity contribution >= 4 is 18.0 Å². The number of carbonyl (C=O) groups excluding carboxylic acids is 1. The van der Waals surface area contributed by atoms with Crippen LogP contribution in [0.1, 0.15) is 66.9 Å². The van der Waals surface area contributed by atoms with Crippen LogP contribution in [0.25, 0.3) is 0 Å². The number of aryl methyl sites for hydroxylation is 2. The molecule has 0 bridgehead atoms. The summed E-state index contributed by atoms with van der Waals surface area (Å²) in [6, 6.07) is 15.2. The Morgan fingerprint density at radius 1 is 0.808 bits per heavy atom. The Morgan fingerprint density at radius 3 is 2.00 bits per heavy atom. The molecular weight excluding hydrogens is 339 g/mol. The monoisotopic (exact) mass is 370 g/mol. The van der Waals surface area contributed by atoms with Gasteiger partial charge < -0.3 is 4.57 Å². The van der Waals surface area contributed by atoms with Crippen LogP contribution in [0.4, 0.5) is 0 Å². The van der Waals surface area contributed by atoms with E-state index in [-0.39, 0.29) is 5.52 Å². The average Bonchev–Trinajstić information content (AvgIpc) is 2.65. The molecule has 1 unspecified atom stereocenters. The molecule has 2 aromatic rings. The van der Waals surface area contributed by atoms with Gasteiger partial charge in [-0.15, -0.1) is 0 Å². The van der Waals surface area contributed by atoms with Crippen molar-refractivity contribution in [2.45, 2.75) is 59.3 Å². The minimum atomic E-state index is -3.13. The van der Waals surface area contributed by atoms with Crippen LogP contribution in [0.3, 0.4) is 0 Å². The summed E-state index contributed by atoms with van der Waals surface area (Å²) in [7, 11) is -3.13. The van der Waals surface area contributed by atoms with Gasteiger partial charge in [0.1, 0.15) is 0 Å². The highest BCUT2D eigenvalue weighted by molar-refractivity contribution is 7.87. The van der Waals surface area contributed by atoms with Crippen LogP contribution < -0.4 is 5.30 Å². The normalized spacial score (nSPS) is 13.3. The third-order valence-corrected chi connectivity index (χ3v) is 7.98. The molecule has 0 aliphatic heterocycles. The van der Waals surface area contributed by atoms with Crippen LogP contribution >= 0.6 is 7.14 Å². The van der Waals surface area contributed by atoms with Gasteiger partial charge >= 0.3 is 0 Å². The summed E-state index contributed by atoms with van der Waals surface area (Å²) in [6.45, 7) is 6.06. The number of rotatable bonds is 10. The van der Waals surface area contributed by atoms with Crippen molar-refractivity contribution < 1.29 is 9.36 Å². The van der Waals surface area contributed by atoms with Gasteiger partial charge in [-0.2, -0.15) is 0 Å². The average molecular weight is 370 g/mol. The summed E-state index contributed by atoms with van der Waals surface area (Å²) < 4.78 is 14.0. The molecule has 26 heavy (non-hydrogen) atoms. The molecule has 0 saturated carbocycles. The zero-order valence-electron chi connectivity index (χ0n) is 16.3. The van der Waals surface area contributed by atoms with E-state index in [9.17, 15) is 9.36 Å². The molecule has 0 aliphatic carbocycles. The lowest BCUT2D eigenvalue weighted by atomic mass is 10.0. The Morgan fingerprint density at radius 2 is 1.38 bits per heavy atom. The van der Waals surface area contributed by atoms with Crippen LogP contribution in [-0.2, 0) is 4.57 Å². The lowest BCUT2D eigenvalue weighted by molar-refractivity contribution is 0.107. The maximum absolute atomic E-state index is 14.0. The first-order valence-electron chi connectivity index (χ1n) is 9.76. The molecule has 0 aromatic heterocycles. The summed E-state index contributed by atoms with van der Waals surface area (Å²) >= 11 is 0. The molecule has 0 aliphatic rings. The molecule has 0 fully saturated rings. The molecule has 0 saturated heterocycles. The van der Waals surface area contributed by atoms with E-state index in [0.717, 1.165) is 30.4 Å². The molecule has 0 amide bonds. The van der Waals surface area contributed by atoms with Crippen molar-refractivity contribution in [3.8, 4) is 0 Å². The van der Waals surface area contributed by atoms with Crippen molar-refractivity contribution in [1.29, 1.82) is 0 Å². The quantitative estimate of drug-likeness (QED) is 0.354. The van der Waals surface area contributed by atoms with E-state index in [2.05, 4.69) is 6.92 Å². The van der Waals surface area contributed by atoms with Crippen LogP contribution in [0.5, 0.6) is 0 Å². The second kappa shape index (κ2) is 9.88. The lowest BCUT2D eigenvalue weighted by Gasteiger charge is -2.20. The van der Waals surface area contributed by atoms with Gasteiger partial charge in [-0.05, 0) is 31.4 Å². The summed E-state index contributed by atoms with van der Waals surface area (Å²) in [6.07, 6.45) is 7.18. The zero-order valence-corrected chi connectivity index (χ0v) is 17.2. The van der Waals surface area contributed by atoms with Gasteiger partial charge in [0.05, 0.1) is 0 Å². The largest absolute Gasteiger partial charge is 0.310 e. The summed E-state index contributed by atoms with van der Waals surface area (Å²) in [5, 5.41) is 0.696. The van der Waals surface area contributed by atoms with E-state index < -0.39 is 7.14 Å². The predicted molar refractivity (Wildman–Crippen MR) is 112 cm³/mol. The Kier molecular flexibility index (Phi) is 7.85. The van der Waals surface area contributed by atoms with Crippen LogP contribution in [0, 0.1) is 13.8 Å². The minimum absolute atomic E-state index is 0.173.